The summed E-state index contributed by atoms with van der Waals surface area (Å²) in [6.07, 6.45) is 0. The summed E-state index contributed by atoms with van der Waals surface area (Å²) in [5, 5.41) is 17.8. The maximum Gasteiger partial charge on any atom is 0.221 e. The molecule has 0 saturated heterocycles. The summed E-state index contributed by atoms with van der Waals surface area (Å²) >= 11 is 0. The van der Waals surface area contributed by atoms with Gasteiger partial charge in [0.25, 0.3) is 0 Å². The third-order valence-electron chi connectivity index (χ3n) is 2.72. The molecule has 1 aromatic carbocycles. The molecule has 10 heteroatoms. The van der Waals surface area contributed by atoms with Crippen LogP contribution >= 0.6 is 0 Å². The number of benzene rings is 1. The number of anilines is 1. The minimum atomic E-state index is -0.212. The first-order valence-corrected chi connectivity index (χ1v) is 6.89. The summed E-state index contributed by atoms with van der Waals surface area (Å²) < 4.78 is 0. The molecule has 24 heavy (non-hydrogen) atoms. The number of nitrogens with zero attached hydrogens (tertiary/aromatic N) is 4. The van der Waals surface area contributed by atoms with E-state index in [9.17, 15) is 4.79 Å². The molecule has 0 fully saturated rings. The van der Waals surface area contributed by atoms with Crippen molar-refractivity contribution in [3.05, 3.63) is 29.3 Å². The van der Waals surface area contributed by atoms with Gasteiger partial charge in [-0.15, -0.1) is 10.2 Å². The van der Waals surface area contributed by atoms with Crippen LogP contribution in [0.15, 0.2) is 38.6 Å². The van der Waals surface area contributed by atoms with Crippen molar-refractivity contribution in [3.8, 4) is 0 Å². The van der Waals surface area contributed by atoms with Gasteiger partial charge in [-0.2, -0.15) is 10.2 Å². The van der Waals surface area contributed by atoms with E-state index in [-0.39, 0.29) is 17.8 Å². The molecule has 1 rings (SSSR count). The number of hydrogen-bond donors (Lipinski definition) is 5. The first kappa shape index (κ1) is 18.6. The van der Waals surface area contributed by atoms with Gasteiger partial charge < -0.3 is 28.3 Å². The molecular weight excluding hydrogens is 310 g/mol. The molecule has 10 nitrogen and oxygen atoms in total. The van der Waals surface area contributed by atoms with E-state index in [1.54, 1.807) is 32.0 Å². The van der Waals surface area contributed by atoms with Gasteiger partial charge in [0, 0.05) is 23.7 Å². The molecule has 0 spiro atoms. The number of hydrogen-bond acceptors (Lipinski definition) is 5. The zero-order chi connectivity index (χ0) is 18.3. The van der Waals surface area contributed by atoms with Gasteiger partial charge in [0.15, 0.2) is 0 Å². The van der Waals surface area contributed by atoms with E-state index >= 15 is 0 Å². The van der Waals surface area contributed by atoms with Crippen molar-refractivity contribution in [2.45, 2.75) is 20.8 Å². The largest absolute Gasteiger partial charge is 0.369 e. The molecular formula is C14H21N9O. The Bertz CT molecular complexity index is 686. The zero-order valence-electron chi connectivity index (χ0n) is 13.7. The topological polar surface area (TPSA) is 183 Å². The fraction of sp³-hybridized carbons (Fsp3) is 0.214. The van der Waals surface area contributed by atoms with Crippen molar-refractivity contribution < 1.29 is 4.79 Å². The number of carbonyl (C=O) groups is 1. The standard InChI is InChI=1S/C14H21N9O/c1-7(20-22-13(15)16)10-4-11(8(2)21-23-14(17)18)6-12(5-10)19-9(3)24/h4-6H,1-3H3,(H,19,24)(H4,15,16,22)(H4,17,18,23)/b20-7+,21-8+. The molecule has 9 N–H and O–H groups in total. The highest BCUT2D eigenvalue weighted by atomic mass is 16.1. The maximum atomic E-state index is 11.3. The monoisotopic (exact) mass is 331 g/mol. The van der Waals surface area contributed by atoms with Gasteiger partial charge in [0.1, 0.15) is 0 Å². The van der Waals surface area contributed by atoms with Crippen LogP contribution in [0.1, 0.15) is 31.9 Å². The van der Waals surface area contributed by atoms with Crippen molar-refractivity contribution in [2.24, 2.45) is 43.3 Å². The van der Waals surface area contributed by atoms with Crippen LogP contribution in [0.25, 0.3) is 0 Å². The molecule has 0 aliphatic carbocycles. The first-order valence-electron chi connectivity index (χ1n) is 6.89. The number of carbonyl (C=O) groups excluding carboxylic acids is 1. The summed E-state index contributed by atoms with van der Waals surface area (Å²) in [6.45, 7) is 4.87. The number of amides is 1. The highest BCUT2D eigenvalue weighted by Gasteiger charge is 2.08. The lowest BCUT2D eigenvalue weighted by atomic mass is 10.0. The molecule has 128 valence electrons. The van der Waals surface area contributed by atoms with E-state index in [4.69, 9.17) is 22.9 Å². The van der Waals surface area contributed by atoms with Crippen LogP contribution in [0.5, 0.6) is 0 Å². The number of rotatable bonds is 5. The second kappa shape index (κ2) is 8.27. The van der Waals surface area contributed by atoms with Gasteiger partial charge in [-0.25, -0.2) is 0 Å². The zero-order valence-corrected chi connectivity index (χ0v) is 13.7. The maximum absolute atomic E-state index is 11.3. The van der Waals surface area contributed by atoms with E-state index in [1.165, 1.54) is 6.92 Å². The number of guanidine groups is 2. The van der Waals surface area contributed by atoms with Crippen LogP contribution in [-0.2, 0) is 4.79 Å². The van der Waals surface area contributed by atoms with E-state index in [0.29, 0.717) is 28.2 Å². The molecule has 0 heterocycles. The van der Waals surface area contributed by atoms with Gasteiger partial charge in [-0.1, -0.05) is 0 Å². The lowest BCUT2D eigenvalue weighted by Crippen LogP contribution is -2.22. The lowest BCUT2D eigenvalue weighted by molar-refractivity contribution is -0.114. The smallest absolute Gasteiger partial charge is 0.221 e. The first-order chi connectivity index (χ1) is 11.2. The minimum absolute atomic E-state index is 0.155. The van der Waals surface area contributed by atoms with E-state index in [0.717, 1.165) is 0 Å². The molecule has 0 bridgehead atoms. The normalized spacial score (nSPS) is 11.6. The Morgan fingerprint density at radius 3 is 1.54 bits per heavy atom. The molecule has 0 aromatic heterocycles. The molecule has 1 amide bonds. The second-order valence-electron chi connectivity index (χ2n) is 4.90. The Morgan fingerprint density at radius 2 is 1.21 bits per heavy atom. The molecule has 0 aliphatic rings. The van der Waals surface area contributed by atoms with Crippen LogP contribution in [0.4, 0.5) is 5.69 Å². The van der Waals surface area contributed by atoms with Gasteiger partial charge in [-0.05, 0) is 32.0 Å². The molecule has 1 aromatic rings. The average Bonchev–Trinajstić information content (AvgIpc) is 2.49. The van der Waals surface area contributed by atoms with Gasteiger partial charge in [0.2, 0.25) is 17.8 Å². The van der Waals surface area contributed by atoms with Gasteiger partial charge in [0.05, 0.1) is 11.4 Å². The fourth-order valence-electron chi connectivity index (χ4n) is 1.70. The Labute approximate surface area is 139 Å². The van der Waals surface area contributed by atoms with Crippen LogP contribution in [0.2, 0.25) is 0 Å². The molecule has 0 saturated carbocycles. The van der Waals surface area contributed by atoms with Crippen molar-refractivity contribution in [1.29, 1.82) is 0 Å². The van der Waals surface area contributed by atoms with Crippen molar-refractivity contribution in [3.63, 3.8) is 0 Å². The molecule has 0 aliphatic heterocycles. The third kappa shape index (κ3) is 6.13. The molecule has 0 unspecified atom stereocenters. The van der Waals surface area contributed by atoms with Crippen LogP contribution < -0.4 is 28.3 Å². The van der Waals surface area contributed by atoms with Crippen LogP contribution in [0.3, 0.4) is 0 Å². The van der Waals surface area contributed by atoms with E-state index < -0.39 is 0 Å². The minimum Gasteiger partial charge on any atom is -0.369 e. The summed E-state index contributed by atoms with van der Waals surface area (Å²) in [7, 11) is 0. The van der Waals surface area contributed by atoms with Crippen LogP contribution in [0, 0.1) is 0 Å². The van der Waals surface area contributed by atoms with E-state index in [1.807, 2.05) is 0 Å². The quantitative estimate of drug-likeness (QED) is 0.280. The summed E-state index contributed by atoms with van der Waals surface area (Å²) in [5.74, 6) is -0.521. The summed E-state index contributed by atoms with van der Waals surface area (Å²) in [5.41, 5.74) is 24.1. The van der Waals surface area contributed by atoms with Gasteiger partial charge in [-0.3, -0.25) is 4.79 Å². The number of nitrogens with two attached hydrogens (primary N) is 4. The van der Waals surface area contributed by atoms with Crippen LogP contribution in [-0.4, -0.2) is 29.2 Å². The lowest BCUT2D eigenvalue weighted by Gasteiger charge is -2.09. The van der Waals surface area contributed by atoms with Crippen molar-refractivity contribution >= 4 is 34.9 Å². The van der Waals surface area contributed by atoms with Crippen molar-refractivity contribution in [1.82, 2.24) is 0 Å². The predicted molar refractivity (Wildman–Crippen MR) is 96.8 cm³/mol. The number of nitrogens with one attached hydrogen (secondary N) is 1. The Morgan fingerprint density at radius 1 is 0.792 bits per heavy atom. The predicted octanol–water partition coefficient (Wildman–Crippen LogP) is -0.360. The Kier molecular flexibility index (Phi) is 6.41. The Balaban J connectivity index is 3.39. The molecule has 0 radical (unpaired) electrons. The molecule has 0 atom stereocenters. The summed E-state index contributed by atoms with van der Waals surface area (Å²) in [6, 6.07) is 5.27. The fourth-order valence-corrected chi connectivity index (χ4v) is 1.70. The second-order valence-corrected chi connectivity index (χ2v) is 4.90. The van der Waals surface area contributed by atoms with Gasteiger partial charge >= 0.3 is 0 Å². The SMILES string of the molecule is CC(=O)Nc1cc(/C(C)=N/N=C(N)N)cc(/C(C)=N/N=C(N)N)c1. The van der Waals surface area contributed by atoms with Crippen molar-refractivity contribution in [2.75, 3.05) is 5.32 Å². The summed E-state index contributed by atoms with van der Waals surface area (Å²) in [4.78, 5) is 11.3. The Hall–Kier alpha value is -3.43. The van der Waals surface area contributed by atoms with E-state index in [2.05, 4.69) is 25.7 Å². The third-order valence-corrected chi connectivity index (χ3v) is 2.72. The average molecular weight is 331 g/mol. The highest BCUT2D eigenvalue weighted by Crippen LogP contribution is 2.17. The highest BCUT2D eigenvalue weighted by molar-refractivity contribution is 6.06.